The lowest BCUT2D eigenvalue weighted by molar-refractivity contribution is 0.414. The van der Waals surface area contributed by atoms with Crippen LogP contribution in [0.2, 0.25) is 10.0 Å². The van der Waals surface area contributed by atoms with Crippen LogP contribution in [0.3, 0.4) is 0 Å². The van der Waals surface area contributed by atoms with Gasteiger partial charge in [-0.05, 0) is 18.1 Å². The molecular formula is C11H12Cl2N2O. The summed E-state index contributed by atoms with van der Waals surface area (Å²) >= 11 is 12.0. The van der Waals surface area contributed by atoms with E-state index in [1.165, 1.54) is 7.11 Å². The number of nitrogens with two attached hydrogens (primary N) is 1. The average molecular weight is 259 g/mol. The predicted molar refractivity (Wildman–Crippen MR) is 64.8 cm³/mol. The molecule has 0 saturated carbocycles. The molecule has 86 valence electrons. The molecule has 1 atom stereocenters. The van der Waals surface area contributed by atoms with Crippen LogP contribution < -0.4 is 10.5 Å². The van der Waals surface area contributed by atoms with Gasteiger partial charge in [-0.1, -0.05) is 23.2 Å². The topological polar surface area (TPSA) is 59.0 Å². The number of nitriles is 1. The smallest absolute Gasteiger partial charge is 0.138 e. The molecule has 0 fully saturated rings. The van der Waals surface area contributed by atoms with Gasteiger partial charge in [0.15, 0.2) is 0 Å². The van der Waals surface area contributed by atoms with Gasteiger partial charge in [0, 0.05) is 23.6 Å². The maximum absolute atomic E-state index is 8.48. The molecule has 1 unspecified atom stereocenters. The molecule has 5 heteroatoms. The van der Waals surface area contributed by atoms with Gasteiger partial charge in [-0.25, -0.2) is 0 Å². The quantitative estimate of drug-likeness (QED) is 0.902. The minimum atomic E-state index is -0.282. The summed E-state index contributed by atoms with van der Waals surface area (Å²) < 4.78 is 5.03. The van der Waals surface area contributed by atoms with Crippen LogP contribution in [-0.2, 0) is 0 Å². The Labute approximate surface area is 105 Å². The van der Waals surface area contributed by atoms with Crippen molar-refractivity contribution in [2.45, 2.75) is 18.9 Å². The van der Waals surface area contributed by atoms with Crippen molar-refractivity contribution >= 4 is 23.2 Å². The van der Waals surface area contributed by atoms with Crippen molar-refractivity contribution in [3.05, 3.63) is 27.7 Å². The summed E-state index contributed by atoms with van der Waals surface area (Å²) in [4.78, 5) is 0. The van der Waals surface area contributed by atoms with E-state index in [0.717, 1.165) is 5.56 Å². The van der Waals surface area contributed by atoms with Crippen molar-refractivity contribution in [3.63, 3.8) is 0 Å². The lowest BCUT2D eigenvalue weighted by atomic mass is 10.0. The highest BCUT2D eigenvalue weighted by atomic mass is 35.5. The van der Waals surface area contributed by atoms with Gasteiger partial charge in [0.25, 0.3) is 0 Å². The molecular weight excluding hydrogens is 247 g/mol. The summed E-state index contributed by atoms with van der Waals surface area (Å²) in [6.45, 7) is 0. The first-order valence-corrected chi connectivity index (χ1v) is 5.51. The Morgan fingerprint density at radius 1 is 1.44 bits per heavy atom. The zero-order valence-electron chi connectivity index (χ0n) is 8.84. The van der Waals surface area contributed by atoms with Crippen LogP contribution in [0.4, 0.5) is 0 Å². The van der Waals surface area contributed by atoms with Gasteiger partial charge in [-0.3, -0.25) is 0 Å². The third-order valence-corrected chi connectivity index (χ3v) is 2.86. The van der Waals surface area contributed by atoms with E-state index in [1.54, 1.807) is 12.1 Å². The summed E-state index contributed by atoms with van der Waals surface area (Å²) in [7, 11) is 1.52. The third kappa shape index (κ3) is 3.02. The van der Waals surface area contributed by atoms with E-state index in [0.29, 0.717) is 28.6 Å². The number of benzene rings is 1. The molecule has 1 aromatic rings. The minimum absolute atomic E-state index is 0.282. The van der Waals surface area contributed by atoms with Gasteiger partial charge >= 0.3 is 0 Å². The first-order valence-electron chi connectivity index (χ1n) is 4.75. The molecule has 3 nitrogen and oxygen atoms in total. The van der Waals surface area contributed by atoms with Crippen molar-refractivity contribution in [2.75, 3.05) is 7.11 Å². The van der Waals surface area contributed by atoms with Crippen molar-refractivity contribution < 1.29 is 4.74 Å². The molecule has 1 aromatic carbocycles. The van der Waals surface area contributed by atoms with E-state index in [2.05, 4.69) is 0 Å². The normalized spacial score (nSPS) is 11.9. The van der Waals surface area contributed by atoms with Crippen LogP contribution in [-0.4, -0.2) is 7.11 Å². The number of rotatable bonds is 4. The van der Waals surface area contributed by atoms with Gasteiger partial charge in [0.1, 0.15) is 5.75 Å². The molecule has 16 heavy (non-hydrogen) atoms. The van der Waals surface area contributed by atoms with Gasteiger partial charge in [-0.2, -0.15) is 5.26 Å². The van der Waals surface area contributed by atoms with E-state index >= 15 is 0 Å². The zero-order valence-corrected chi connectivity index (χ0v) is 10.3. The second kappa shape index (κ2) is 5.95. The van der Waals surface area contributed by atoms with E-state index in [-0.39, 0.29) is 6.04 Å². The molecule has 0 aliphatic carbocycles. The van der Waals surface area contributed by atoms with Crippen molar-refractivity contribution in [1.82, 2.24) is 0 Å². The maximum Gasteiger partial charge on any atom is 0.138 e. The van der Waals surface area contributed by atoms with Crippen molar-refractivity contribution in [3.8, 4) is 11.8 Å². The number of nitrogens with zero attached hydrogens (tertiary/aromatic N) is 1. The van der Waals surface area contributed by atoms with E-state index in [1.807, 2.05) is 6.07 Å². The highest BCUT2D eigenvalue weighted by Gasteiger charge is 2.13. The summed E-state index contributed by atoms with van der Waals surface area (Å²) in [6, 6.07) is 5.08. The lowest BCUT2D eigenvalue weighted by Gasteiger charge is -2.14. The molecule has 1 rings (SSSR count). The molecule has 0 aliphatic rings. The highest BCUT2D eigenvalue weighted by molar-refractivity contribution is 6.34. The van der Waals surface area contributed by atoms with Crippen LogP contribution in [0, 0.1) is 11.3 Å². The Hall–Kier alpha value is -0.950. The summed E-state index contributed by atoms with van der Waals surface area (Å²) in [5.74, 6) is 0.517. The Bertz CT molecular complexity index is 415. The van der Waals surface area contributed by atoms with Gasteiger partial charge < -0.3 is 10.5 Å². The lowest BCUT2D eigenvalue weighted by Crippen LogP contribution is -2.10. The third-order valence-electron chi connectivity index (χ3n) is 2.24. The average Bonchev–Trinajstić information content (AvgIpc) is 2.28. The van der Waals surface area contributed by atoms with Crippen LogP contribution in [0.25, 0.3) is 0 Å². The predicted octanol–water partition coefficient (Wildman–Crippen LogP) is 3.31. The molecule has 2 N–H and O–H groups in total. The molecule has 0 aromatic heterocycles. The van der Waals surface area contributed by atoms with Crippen LogP contribution >= 0.6 is 23.2 Å². The standard InChI is InChI=1S/C11H12Cl2N2O/c1-16-11-6-8(12)7(5-9(11)13)10(15)3-2-4-14/h5-6,10H,2-3,15H2,1H3. The van der Waals surface area contributed by atoms with Gasteiger partial charge in [0.2, 0.25) is 0 Å². The first kappa shape index (κ1) is 13.1. The van der Waals surface area contributed by atoms with Crippen LogP contribution in [0.5, 0.6) is 5.75 Å². The molecule has 0 heterocycles. The second-order valence-electron chi connectivity index (χ2n) is 3.31. The van der Waals surface area contributed by atoms with Crippen molar-refractivity contribution in [2.24, 2.45) is 5.73 Å². The van der Waals surface area contributed by atoms with E-state index in [9.17, 15) is 0 Å². The number of halogens is 2. The molecule has 0 bridgehead atoms. The Morgan fingerprint density at radius 2 is 2.12 bits per heavy atom. The molecule has 0 aliphatic heterocycles. The fraction of sp³-hybridized carbons (Fsp3) is 0.364. The Kier molecular flexibility index (Phi) is 4.88. The largest absolute Gasteiger partial charge is 0.495 e. The molecule has 0 amide bonds. The van der Waals surface area contributed by atoms with E-state index < -0.39 is 0 Å². The fourth-order valence-electron chi connectivity index (χ4n) is 1.36. The number of hydrogen-bond donors (Lipinski definition) is 1. The minimum Gasteiger partial charge on any atom is -0.495 e. The monoisotopic (exact) mass is 258 g/mol. The second-order valence-corrected chi connectivity index (χ2v) is 4.13. The van der Waals surface area contributed by atoms with Crippen LogP contribution in [0.15, 0.2) is 12.1 Å². The SMILES string of the molecule is COc1cc(Cl)c(C(N)CCC#N)cc1Cl. The maximum atomic E-state index is 8.48. The highest BCUT2D eigenvalue weighted by Crippen LogP contribution is 2.34. The Morgan fingerprint density at radius 3 is 2.69 bits per heavy atom. The first-order chi connectivity index (χ1) is 7.60. The molecule has 0 saturated heterocycles. The fourth-order valence-corrected chi connectivity index (χ4v) is 1.90. The van der Waals surface area contributed by atoms with Crippen LogP contribution in [0.1, 0.15) is 24.4 Å². The molecule has 0 radical (unpaired) electrons. The molecule has 0 spiro atoms. The van der Waals surface area contributed by atoms with Crippen molar-refractivity contribution in [1.29, 1.82) is 5.26 Å². The van der Waals surface area contributed by atoms with Gasteiger partial charge in [-0.15, -0.1) is 0 Å². The zero-order chi connectivity index (χ0) is 12.1. The summed E-state index contributed by atoms with van der Waals surface area (Å²) in [5.41, 5.74) is 6.65. The number of methoxy groups -OCH3 is 1. The summed E-state index contributed by atoms with van der Waals surface area (Å²) in [5, 5.41) is 9.46. The summed E-state index contributed by atoms with van der Waals surface area (Å²) in [6.07, 6.45) is 0.944. The van der Waals surface area contributed by atoms with E-state index in [4.69, 9.17) is 38.9 Å². The van der Waals surface area contributed by atoms with Gasteiger partial charge in [0.05, 0.1) is 18.2 Å². The Balaban J connectivity index is 2.97. The number of ether oxygens (including phenoxy) is 1. The number of hydrogen-bond acceptors (Lipinski definition) is 3.